The van der Waals surface area contributed by atoms with Gasteiger partial charge < -0.3 is 10.3 Å². The van der Waals surface area contributed by atoms with Crippen LogP contribution in [0.4, 0.5) is 5.69 Å². The maximum atomic E-state index is 13.3. The van der Waals surface area contributed by atoms with Crippen molar-refractivity contribution in [1.82, 2.24) is 14.7 Å². The van der Waals surface area contributed by atoms with Gasteiger partial charge in [-0.3, -0.25) is 9.36 Å². The van der Waals surface area contributed by atoms with Crippen molar-refractivity contribution in [2.24, 2.45) is 0 Å². The fourth-order valence-corrected chi connectivity index (χ4v) is 3.18. The van der Waals surface area contributed by atoms with E-state index in [0.29, 0.717) is 17.0 Å². The van der Waals surface area contributed by atoms with Crippen LogP contribution in [0.3, 0.4) is 0 Å². The summed E-state index contributed by atoms with van der Waals surface area (Å²) < 4.78 is 7.67. The number of hydrogen-bond acceptors (Lipinski definition) is 5. The largest absolute Gasteiger partial charge is 0.397 e. The Bertz CT molecular complexity index is 1150. The molecule has 0 unspecified atom stereocenters. The lowest BCUT2D eigenvalue weighted by molar-refractivity contribution is 0.425. The van der Waals surface area contributed by atoms with E-state index in [4.69, 9.17) is 10.3 Å². The van der Waals surface area contributed by atoms with Crippen molar-refractivity contribution in [3.05, 3.63) is 69.2 Å². The summed E-state index contributed by atoms with van der Waals surface area (Å²) in [5.74, 6) is 0.561. The minimum atomic E-state index is -0.307. The minimum Gasteiger partial charge on any atom is -0.397 e. The zero-order chi connectivity index (χ0) is 17.6. The van der Waals surface area contributed by atoms with E-state index in [1.165, 1.54) is 0 Å². The molecule has 124 valence electrons. The highest BCUT2D eigenvalue weighted by Gasteiger charge is 2.21. The Kier molecular flexibility index (Phi) is 3.65. The van der Waals surface area contributed by atoms with Gasteiger partial charge in [0.25, 0.3) is 11.4 Å². The molecule has 0 saturated heterocycles. The molecule has 2 N–H and O–H groups in total. The Morgan fingerprint density at radius 3 is 2.60 bits per heavy atom. The first-order valence-electron chi connectivity index (χ1n) is 7.56. The second kappa shape index (κ2) is 5.86. The molecule has 25 heavy (non-hydrogen) atoms. The summed E-state index contributed by atoms with van der Waals surface area (Å²) in [6.45, 7) is 1.69. The number of anilines is 1. The lowest BCUT2D eigenvalue weighted by atomic mass is 10.1. The van der Waals surface area contributed by atoms with Crippen molar-refractivity contribution in [3.63, 3.8) is 0 Å². The highest BCUT2D eigenvalue weighted by atomic mass is 79.9. The van der Waals surface area contributed by atoms with Gasteiger partial charge in [0.05, 0.1) is 11.2 Å². The van der Waals surface area contributed by atoms with Gasteiger partial charge in [-0.2, -0.15) is 4.98 Å². The average Bonchev–Trinajstić information content (AvgIpc) is 3.02. The number of nitrogen functional groups attached to an aromatic ring is 1. The number of para-hydroxylation sites is 1. The van der Waals surface area contributed by atoms with Gasteiger partial charge >= 0.3 is 0 Å². The van der Waals surface area contributed by atoms with Gasteiger partial charge in [-0.15, -0.1) is 0 Å². The number of benzene rings is 2. The van der Waals surface area contributed by atoms with Crippen LogP contribution in [-0.2, 0) is 0 Å². The van der Waals surface area contributed by atoms with E-state index in [2.05, 4.69) is 26.1 Å². The quantitative estimate of drug-likeness (QED) is 0.558. The molecule has 0 saturated carbocycles. The van der Waals surface area contributed by atoms with E-state index in [-0.39, 0.29) is 17.0 Å². The summed E-state index contributed by atoms with van der Waals surface area (Å²) in [7, 11) is 0. The number of halogens is 1. The van der Waals surface area contributed by atoms with E-state index in [1.807, 2.05) is 48.5 Å². The predicted octanol–water partition coefficient (Wildman–Crippen LogP) is 3.69. The number of aryl methyl sites for hydroxylation is 1. The van der Waals surface area contributed by atoms with Crippen molar-refractivity contribution in [2.75, 3.05) is 5.73 Å². The van der Waals surface area contributed by atoms with Crippen LogP contribution in [0.5, 0.6) is 0 Å². The SMILES string of the molecule is Cc1noc(-c2c(N)c3ccc(Br)cc3n(-c3ccccc3)c2=O)n1. The molecule has 0 bridgehead atoms. The number of hydrogen-bond donors (Lipinski definition) is 1. The first kappa shape index (κ1) is 15.6. The molecular weight excluding hydrogens is 384 g/mol. The molecular formula is C18H13BrN4O2. The predicted molar refractivity (Wildman–Crippen MR) is 99.7 cm³/mol. The Balaban J connectivity index is 2.19. The van der Waals surface area contributed by atoms with Gasteiger partial charge in [-0.25, -0.2) is 0 Å². The van der Waals surface area contributed by atoms with Gasteiger partial charge in [0.15, 0.2) is 5.82 Å². The third kappa shape index (κ3) is 2.53. The molecule has 0 radical (unpaired) electrons. The summed E-state index contributed by atoms with van der Waals surface area (Å²) in [4.78, 5) is 17.4. The van der Waals surface area contributed by atoms with Crippen molar-refractivity contribution in [1.29, 1.82) is 0 Å². The Morgan fingerprint density at radius 2 is 1.92 bits per heavy atom. The van der Waals surface area contributed by atoms with Gasteiger partial charge in [-0.1, -0.05) is 39.3 Å². The van der Waals surface area contributed by atoms with Crippen LogP contribution in [0.2, 0.25) is 0 Å². The number of nitrogens with zero attached hydrogens (tertiary/aromatic N) is 3. The van der Waals surface area contributed by atoms with E-state index in [9.17, 15) is 4.79 Å². The molecule has 0 amide bonds. The zero-order valence-electron chi connectivity index (χ0n) is 13.2. The number of nitrogens with two attached hydrogens (primary N) is 1. The molecule has 0 atom stereocenters. The van der Waals surface area contributed by atoms with E-state index < -0.39 is 0 Å². The van der Waals surface area contributed by atoms with E-state index >= 15 is 0 Å². The topological polar surface area (TPSA) is 86.9 Å². The van der Waals surface area contributed by atoms with Crippen LogP contribution < -0.4 is 11.3 Å². The summed E-state index contributed by atoms with van der Waals surface area (Å²) in [6, 6.07) is 15.0. The molecule has 2 heterocycles. The van der Waals surface area contributed by atoms with Crippen LogP contribution in [0.25, 0.3) is 28.0 Å². The van der Waals surface area contributed by atoms with E-state index in [0.717, 1.165) is 15.5 Å². The Hall–Kier alpha value is -2.93. The summed E-state index contributed by atoms with van der Waals surface area (Å²) >= 11 is 3.46. The van der Waals surface area contributed by atoms with Crippen LogP contribution >= 0.6 is 15.9 Å². The fourth-order valence-electron chi connectivity index (χ4n) is 2.83. The lowest BCUT2D eigenvalue weighted by Gasteiger charge is -2.14. The maximum Gasteiger partial charge on any atom is 0.270 e. The van der Waals surface area contributed by atoms with Crippen LogP contribution in [0.15, 0.2) is 62.3 Å². The number of fused-ring (bicyclic) bond motifs is 1. The third-order valence-electron chi connectivity index (χ3n) is 3.93. The van der Waals surface area contributed by atoms with Crippen LogP contribution in [-0.4, -0.2) is 14.7 Å². The lowest BCUT2D eigenvalue weighted by Crippen LogP contribution is -2.22. The molecule has 4 aromatic rings. The van der Waals surface area contributed by atoms with Crippen LogP contribution in [0, 0.1) is 6.92 Å². The standard InChI is InChI=1S/C18H13BrN4O2/c1-10-21-17(25-22-10)15-16(20)13-8-7-11(19)9-14(13)23(18(15)24)12-5-3-2-4-6-12/h2-9H,20H2,1H3. The van der Waals surface area contributed by atoms with Crippen molar-refractivity contribution < 1.29 is 4.52 Å². The maximum absolute atomic E-state index is 13.3. The zero-order valence-corrected chi connectivity index (χ0v) is 14.8. The van der Waals surface area contributed by atoms with Crippen molar-refractivity contribution in [3.8, 4) is 17.1 Å². The fraction of sp³-hybridized carbons (Fsp3) is 0.0556. The molecule has 2 aromatic heterocycles. The van der Waals surface area contributed by atoms with Crippen molar-refractivity contribution in [2.45, 2.75) is 6.92 Å². The monoisotopic (exact) mass is 396 g/mol. The molecule has 0 aliphatic carbocycles. The Morgan fingerprint density at radius 1 is 1.16 bits per heavy atom. The molecule has 0 spiro atoms. The normalized spacial score (nSPS) is 11.1. The van der Waals surface area contributed by atoms with Crippen molar-refractivity contribution >= 4 is 32.5 Å². The highest BCUT2D eigenvalue weighted by molar-refractivity contribution is 9.10. The number of pyridine rings is 1. The second-order valence-electron chi connectivity index (χ2n) is 5.57. The van der Waals surface area contributed by atoms with Gasteiger partial charge in [0, 0.05) is 15.5 Å². The van der Waals surface area contributed by atoms with Crippen LogP contribution in [0.1, 0.15) is 5.82 Å². The minimum absolute atomic E-state index is 0.120. The van der Waals surface area contributed by atoms with E-state index in [1.54, 1.807) is 11.5 Å². The molecule has 7 heteroatoms. The Labute approximate surface area is 151 Å². The molecule has 0 fully saturated rings. The first-order valence-corrected chi connectivity index (χ1v) is 8.35. The van der Waals surface area contributed by atoms with Gasteiger partial charge in [0.2, 0.25) is 0 Å². The average molecular weight is 397 g/mol. The first-order chi connectivity index (χ1) is 12.1. The molecule has 6 nitrogen and oxygen atoms in total. The molecule has 0 aliphatic heterocycles. The smallest absolute Gasteiger partial charge is 0.270 e. The number of aromatic nitrogens is 3. The number of rotatable bonds is 2. The molecule has 0 aliphatic rings. The third-order valence-corrected chi connectivity index (χ3v) is 4.43. The summed E-state index contributed by atoms with van der Waals surface area (Å²) in [6.07, 6.45) is 0. The van der Waals surface area contributed by atoms with Gasteiger partial charge in [-0.05, 0) is 37.3 Å². The molecule has 4 rings (SSSR count). The highest BCUT2D eigenvalue weighted by Crippen LogP contribution is 2.31. The summed E-state index contributed by atoms with van der Waals surface area (Å²) in [5, 5.41) is 4.51. The molecule has 2 aromatic carbocycles. The van der Waals surface area contributed by atoms with Gasteiger partial charge in [0.1, 0.15) is 5.56 Å². The second-order valence-corrected chi connectivity index (χ2v) is 6.49. The summed E-state index contributed by atoms with van der Waals surface area (Å²) in [5.41, 5.74) is 7.95.